The molecule has 33 heavy (non-hydrogen) atoms. The largest absolute Gasteiger partial charge is 2.00 e. The van der Waals surface area contributed by atoms with Crippen LogP contribution >= 0.6 is 24.8 Å². The molecule has 165 valence electrons. The third kappa shape index (κ3) is 6.25. The summed E-state index contributed by atoms with van der Waals surface area (Å²) in [5.74, 6) is 0. The van der Waals surface area contributed by atoms with E-state index in [0.29, 0.717) is 0 Å². The smallest absolute Gasteiger partial charge is 0.165 e. The van der Waals surface area contributed by atoms with Gasteiger partial charge in [0.25, 0.3) is 0 Å². The summed E-state index contributed by atoms with van der Waals surface area (Å²) >= 11 is 0. The Labute approximate surface area is 231 Å². The van der Waals surface area contributed by atoms with Gasteiger partial charge in [-0.05, 0) is 10.8 Å². The van der Waals surface area contributed by atoms with E-state index in [0.717, 1.165) is 0 Å². The maximum atomic E-state index is 2.97. The molecular formula is C29H27Cl2SiZr. The fourth-order valence-corrected chi connectivity index (χ4v) is 4.23. The third-order valence-electron chi connectivity index (χ3n) is 5.52. The van der Waals surface area contributed by atoms with Gasteiger partial charge in [-0.3, -0.25) is 0 Å². The van der Waals surface area contributed by atoms with Gasteiger partial charge < -0.3 is 0 Å². The maximum absolute atomic E-state index is 2.97. The maximum Gasteiger partial charge on any atom is 2.00 e. The number of halogens is 2. The minimum atomic E-state index is 0. The minimum absolute atomic E-state index is 0. The van der Waals surface area contributed by atoms with Gasteiger partial charge in [0.2, 0.25) is 0 Å². The van der Waals surface area contributed by atoms with E-state index in [1.54, 1.807) is 6.55 Å². The van der Waals surface area contributed by atoms with Crippen molar-refractivity contribution in [1.82, 2.24) is 0 Å². The van der Waals surface area contributed by atoms with Crippen LogP contribution in [0.2, 0.25) is 6.55 Å². The average Bonchev–Trinajstić information content (AvgIpc) is 3.37. The van der Waals surface area contributed by atoms with Crippen molar-refractivity contribution in [2.75, 3.05) is 0 Å². The molecule has 0 aliphatic heterocycles. The molecule has 0 heterocycles. The zero-order valence-electron chi connectivity index (χ0n) is 19.1. The number of fused-ring (bicyclic) bond motifs is 6. The quantitative estimate of drug-likeness (QED) is 0.127. The number of rotatable bonds is 0. The van der Waals surface area contributed by atoms with Crippen LogP contribution in [0.15, 0.2) is 97.1 Å². The second-order valence-corrected chi connectivity index (χ2v) is 7.64. The molecule has 0 N–H and O–H groups in total. The van der Waals surface area contributed by atoms with Crippen molar-refractivity contribution in [3.05, 3.63) is 108 Å². The first-order valence-corrected chi connectivity index (χ1v) is 11.3. The average molecular weight is 566 g/mol. The molecule has 6 aromatic carbocycles. The molecule has 6 aromatic rings. The molecule has 0 nitrogen and oxygen atoms in total. The van der Waals surface area contributed by atoms with E-state index < -0.39 is 0 Å². The van der Waals surface area contributed by atoms with Crippen LogP contribution in [0.4, 0.5) is 0 Å². The van der Waals surface area contributed by atoms with Gasteiger partial charge in [0, 0.05) is 10.2 Å². The van der Waals surface area contributed by atoms with E-state index in [9.17, 15) is 0 Å². The van der Waals surface area contributed by atoms with E-state index >= 15 is 0 Å². The van der Waals surface area contributed by atoms with Crippen molar-refractivity contribution in [2.24, 2.45) is 0 Å². The van der Waals surface area contributed by atoms with Gasteiger partial charge in [0.15, 0.2) is 0 Å². The topological polar surface area (TPSA) is 0 Å². The van der Waals surface area contributed by atoms with E-state index in [1.165, 1.54) is 54.2 Å². The van der Waals surface area contributed by atoms with Crippen LogP contribution in [0.25, 0.3) is 43.1 Å². The van der Waals surface area contributed by atoms with Crippen LogP contribution in [0.1, 0.15) is 11.1 Å². The molecule has 0 saturated carbocycles. The van der Waals surface area contributed by atoms with Crippen molar-refractivity contribution < 1.29 is 26.2 Å². The zero-order valence-corrected chi connectivity index (χ0v) is 24.1. The molecule has 0 amide bonds. The van der Waals surface area contributed by atoms with Gasteiger partial charge in [-0.25, -0.2) is 0 Å². The number of hydrogen-bond acceptors (Lipinski definition) is 0. The zero-order chi connectivity index (χ0) is 21.1. The number of benzene rings is 4. The van der Waals surface area contributed by atoms with Crippen LogP contribution in [-0.4, -0.2) is 10.2 Å². The summed E-state index contributed by atoms with van der Waals surface area (Å²) in [6, 6.07) is 34.9. The van der Waals surface area contributed by atoms with Crippen molar-refractivity contribution in [3.8, 4) is 0 Å². The van der Waals surface area contributed by atoms with Gasteiger partial charge in [0.05, 0.1) is 0 Å². The first kappa shape index (κ1) is 29.3. The fraction of sp³-hybridized carbons (Fsp3) is 0.103. The van der Waals surface area contributed by atoms with Crippen molar-refractivity contribution >= 4 is 78.1 Å². The molecular weight excluding hydrogens is 539 g/mol. The Morgan fingerprint density at radius 1 is 0.515 bits per heavy atom. The Morgan fingerprint density at radius 3 is 1.27 bits per heavy atom. The summed E-state index contributed by atoms with van der Waals surface area (Å²) in [6.07, 6.45) is 0. The van der Waals surface area contributed by atoms with Gasteiger partial charge >= 0.3 is 26.2 Å². The molecule has 6 rings (SSSR count). The molecule has 0 unspecified atom stereocenters. The molecule has 3 radical (unpaired) electrons. The molecule has 0 saturated heterocycles. The number of hydrogen-bond donors (Lipinski definition) is 0. The Hall–Kier alpha value is -1.70. The van der Waals surface area contributed by atoms with Gasteiger partial charge in [0.1, 0.15) is 0 Å². The third-order valence-corrected chi connectivity index (χ3v) is 5.52. The van der Waals surface area contributed by atoms with Crippen LogP contribution in [-0.2, 0) is 26.2 Å². The van der Waals surface area contributed by atoms with Crippen molar-refractivity contribution in [2.45, 2.75) is 20.4 Å². The molecule has 0 bridgehead atoms. The first-order chi connectivity index (χ1) is 14.7. The summed E-state index contributed by atoms with van der Waals surface area (Å²) in [4.78, 5) is 0. The molecule has 0 aliphatic rings. The Morgan fingerprint density at radius 2 is 0.879 bits per heavy atom. The van der Waals surface area contributed by atoms with Crippen LogP contribution in [0, 0.1) is 13.8 Å². The van der Waals surface area contributed by atoms with E-state index in [4.69, 9.17) is 0 Å². The Balaban J connectivity index is 0.000000283. The fourth-order valence-electron chi connectivity index (χ4n) is 4.23. The predicted molar refractivity (Wildman–Crippen MR) is 150 cm³/mol. The van der Waals surface area contributed by atoms with E-state index in [2.05, 4.69) is 121 Å². The van der Waals surface area contributed by atoms with Crippen molar-refractivity contribution in [1.29, 1.82) is 0 Å². The molecule has 0 spiro atoms. The molecule has 0 aromatic heterocycles. The predicted octanol–water partition coefficient (Wildman–Crippen LogP) is 9.08. The standard InChI is InChI=1S/2C14H11.CH3Si.2ClH.Zr/c2*1-10-8-12-7-6-11-4-2-3-5-13(11)14(12)9-10;1-2;;;/h2*2-9H,1H3;1H3;2*1H;/q2*-1;;;;+2. The summed E-state index contributed by atoms with van der Waals surface area (Å²) < 4.78 is 0. The molecule has 0 atom stereocenters. The Bertz CT molecular complexity index is 1330. The van der Waals surface area contributed by atoms with E-state index in [-0.39, 0.29) is 51.0 Å². The molecule has 4 heteroatoms. The first-order valence-electron chi connectivity index (χ1n) is 10.3. The summed E-state index contributed by atoms with van der Waals surface area (Å²) in [5.41, 5.74) is 2.69. The summed E-state index contributed by atoms with van der Waals surface area (Å²) in [6.45, 7) is 6.10. The van der Waals surface area contributed by atoms with Crippen molar-refractivity contribution in [3.63, 3.8) is 0 Å². The van der Waals surface area contributed by atoms with Gasteiger partial charge in [-0.2, -0.15) is 12.1 Å². The second kappa shape index (κ2) is 13.3. The Kier molecular flexibility index (Phi) is 11.8. The second-order valence-electron chi connectivity index (χ2n) is 7.64. The number of aryl methyl sites for hydroxylation is 2. The van der Waals surface area contributed by atoms with Gasteiger partial charge in [-0.15, -0.1) is 81.8 Å². The van der Waals surface area contributed by atoms with Crippen LogP contribution in [0.3, 0.4) is 0 Å². The molecule has 0 aliphatic carbocycles. The summed E-state index contributed by atoms with van der Waals surface area (Å²) in [7, 11) is 2.97. The SMILES string of the molecule is C[Si].Cc1cc2c(ccc3ccccc32)[cH-]1.Cc1cc2c(ccc3ccccc32)[cH-]1.Cl.Cl.[Zr+2]. The van der Waals surface area contributed by atoms with Gasteiger partial charge in [-0.1, -0.05) is 91.8 Å². The monoisotopic (exact) mass is 563 g/mol. The van der Waals surface area contributed by atoms with Crippen LogP contribution in [0.5, 0.6) is 0 Å². The van der Waals surface area contributed by atoms with E-state index in [1.807, 2.05) is 0 Å². The summed E-state index contributed by atoms with van der Waals surface area (Å²) in [5, 5.41) is 10.8. The normalized spacial score (nSPS) is 9.70. The molecule has 0 fully saturated rings. The minimum Gasteiger partial charge on any atom is -0.165 e. The van der Waals surface area contributed by atoms with Crippen LogP contribution < -0.4 is 0 Å².